The van der Waals surface area contributed by atoms with Crippen LogP contribution in [-0.4, -0.2) is 36.3 Å². The number of hydrogen-bond donors (Lipinski definition) is 2. The van der Waals surface area contributed by atoms with E-state index in [1.165, 1.54) is 5.56 Å². The number of benzene rings is 7. The maximum Gasteiger partial charge on any atom is 0.525 e. The molecule has 5 heterocycles. The molecular weight excluding hydrogens is 1560 g/mol. The summed E-state index contributed by atoms with van der Waals surface area (Å²) in [5.74, 6) is 0.600. The van der Waals surface area contributed by atoms with Gasteiger partial charge in [-0.05, 0) is 191 Å². The summed E-state index contributed by atoms with van der Waals surface area (Å²) in [6.45, 7) is 2.04. The number of nitrogens with two attached hydrogens (primary N) is 1. The van der Waals surface area contributed by atoms with E-state index in [0.29, 0.717) is 98.4 Å². The van der Waals surface area contributed by atoms with Crippen LogP contribution in [0.25, 0.3) is 33.0 Å². The summed E-state index contributed by atoms with van der Waals surface area (Å²) in [6.07, 6.45) is 23.0. The molecule has 3 atom stereocenters. The number of azide groups is 2. The van der Waals surface area contributed by atoms with Crippen LogP contribution in [0.2, 0.25) is 50.2 Å². The Morgan fingerprint density at radius 2 is 0.810 bits per heavy atom. The van der Waals surface area contributed by atoms with Crippen molar-refractivity contribution in [2.24, 2.45) is 15.7 Å². The molecule has 536 valence electrons. The van der Waals surface area contributed by atoms with Gasteiger partial charge in [-0.2, -0.15) is 0 Å². The minimum absolute atomic E-state index is 0.163. The molecule has 0 aliphatic rings. The van der Waals surface area contributed by atoms with E-state index in [1.54, 1.807) is 183 Å². The molecule has 105 heavy (non-hydrogen) atoms. The molecule has 0 spiro atoms. The Hall–Kier alpha value is -9.03. The van der Waals surface area contributed by atoms with E-state index in [1.807, 2.05) is 110 Å². The topological polar surface area (TPSA) is 261 Å². The van der Waals surface area contributed by atoms with Gasteiger partial charge in [-0.3, -0.25) is 29.7 Å². The molecule has 5 aromatic heterocycles. The molecular formula is C77H63Cl10N12O5P. The van der Waals surface area contributed by atoms with Gasteiger partial charge in [0.1, 0.15) is 11.5 Å². The van der Waals surface area contributed by atoms with Crippen molar-refractivity contribution in [1.29, 1.82) is 0 Å². The molecule has 28 heteroatoms. The molecule has 0 radical (unpaired) electrons. The molecule has 0 aliphatic heterocycles. The molecule has 0 saturated heterocycles. The van der Waals surface area contributed by atoms with E-state index >= 15 is 0 Å². The average molecular weight is 1620 g/mol. The second kappa shape index (κ2) is 46.7. The van der Waals surface area contributed by atoms with Crippen LogP contribution in [0.4, 0.5) is 0 Å². The summed E-state index contributed by atoms with van der Waals surface area (Å²) >= 11 is 59.4. The third kappa shape index (κ3) is 30.2. The number of aliphatic hydroxyl groups excluding tert-OH is 1. The van der Waals surface area contributed by atoms with Gasteiger partial charge in [0.15, 0.2) is 6.29 Å². The van der Waals surface area contributed by atoms with Crippen molar-refractivity contribution in [3.63, 3.8) is 0 Å². The van der Waals surface area contributed by atoms with E-state index in [9.17, 15) is 14.5 Å². The van der Waals surface area contributed by atoms with Gasteiger partial charge in [0.05, 0.1) is 62.4 Å². The Balaban J connectivity index is 0.000000195. The minimum atomic E-state index is -3.95. The number of aryl methyl sites for hydroxylation is 1. The van der Waals surface area contributed by atoms with Gasteiger partial charge in [0, 0.05) is 100 Å². The van der Waals surface area contributed by atoms with Crippen molar-refractivity contribution in [3.05, 3.63) is 401 Å². The second-order valence-electron chi connectivity index (χ2n) is 21.4. The highest BCUT2D eigenvalue weighted by molar-refractivity contribution is 7.53. The maximum absolute atomic E-state index is 12.3. The van der Waals surface area contributed by atoms with Gasteiger partial charge >= 0.3 is 7.75 Å². The Morgan fingerprint density at radius 1 is 0.438 bits per heavy atom. The van der Waals surface area contributed by atoms with Crippen molar-refractivity contribution < 1.29 is 23.5 Å². The van der Waals surface area contributed by atoms with E-state index in [0.717, 1.165) is 38.9 Å². The molecule has 7 aromatic carbocycles. The Kier molecular flexibility index (Phi) is 37.8. The highest BCUT2D eigenvalue weighted by Gasteiger charge is 2.27. The number of nitrogens with zero attached hydrogens (tertiary/aromatic N) is 11. The van der Waals surface area contributed by atoms with Gasteiger partial charge in [-0.1, -0.05) is 230 Å². The molecule has 12 aromatic rings. The summed E-state index contributed by atoms with van der Waals surface area (Å²) in [5, 5.41) is 18.6. The number of hydrogen-bond acceptors (Lipinski definition) is 12. The number of pyridine rings is 5. The fraction of sp³-hybridized carbons (Fsp3) is 0.0909. The van der Waals surface area contributed by atoms with Crippen molar-refractivity contribution in [2.45, 2.75) is 44.4 Å². The van der Waals surface area contributed by atoms with Crippen LogP contribution in [0.1, 0.15) is 78.6 Å². The van der Waals surface area contributed by atoms with Gasteiger partial charge < -0.3 is 19.9 Å². The van der Waals surface area contributed by atoms with Crippen molar-refractivity contribution in [3.8, 4) is 11.5 Å². The summed E-state index contributed by atoms with van der Waals surface area (Å²) in [5.41, 5.74) is 32.4. The third-order valence-electron chi connectivity index (χ3n) is 14.0. The number of halogens is 10. The molecule has 0 bridgehead atoms. The van der Waals surface area contributed by atoms with Crippen LogP contribution < -0.4 is 14.8 Å². The SMILES string of the molecule is Cc1ccncc1.Clc1cccc(C=Cc2ccncc2)c1Cl.NC(Cc1ccncc1)c1cccc(Cl)c1Cl.O=Cc1cccc(Cl)c1Cl.OC(Cc1ccncc1)c1cccc(Cl)c1Cl.[N-]=[N+]=NC(Cc1ccncc1)c1cccc(Cl)c1Cl.[N-]=[N+]=NP(=O)(Oc1ccccc1)Oc1ccccc1. The van der Waals surface area contributed by atoms with Gasteiger partial charge in [0.25, 0.3) is 0 Å². The Bertz CT molecular complexity index is 4670. The summed E-state index contributed by atoms with van der Waals surface area (Å²) in [7, 11) is -3.95. The first-order valence-electron chi connectivity index (χ1n) is 31.1. The Morgan fingerprint density at radius 3 is 1.24 bits per heavy atom. The van der Waals surface area contributed by atoms with Crippen molar-refractivity contribution >= 4 is 142 Å². The molecule has 3 N–H and O–H groups in total. The largest absolute Gasteiger partial charge is 0.525 e. The van der Waals surface area contributed by atoms with Crippen LogP contribution in [0.3, 0.4) is 0 Å². The molecule has 12 rings (SSSR count). The first kappa shape index (κ1) is 84.9. The van der Waals surface area contributed by atoms with Crippen LogP contribution in [0.15, 0.2) is 284 Å². The lowest BCUT2D eigenvalue weighted by molar-refractivity contribution is 0.112. The van der Waals surface area contributed by atoms with Gasteiger partial charge in [0.2, 0.25) is 0 Å². The quantitative estimate of drug-likeness (QED) is 0.0268. The lowest BCUT2D eigenvalue weighted by atomic mass is 10.0. The third-order valence-corrected chi connectivity index (χ3v) is 19.3. The van der Waals surface area contributed by atoms with Crippen molar-refractivity contribution in [2.75, 3.05) is 0 Å². The molecule has 17 nitrogen and oxygen atoms in total. The van der Waals surface area contributed by atoms with Gasteiger partial charge in [-0.15, -0.1) is 0 Å². The normalized spacial score (nSPS) is 11.1. The maximum atomic E-state index is 12.3. The highest BCUT2D eigenvalue weighted by atomic mass is 35.5. The van der Waals surface area contributed by atoms with Crippen LogP contribution in [-0.2, 0) is 23.8 Å². The first-order chi connectivity index (χ1) is 50.7. The monoisotopic (exact) mass is 1620 g/mol. The average Bonchev–Trinajstić information content (AvgIpc) is 0.848. The van der Waals surface area contributed by atoms with E-state index in [4.69, 9.17) is 142 Å². The second-order valence-corrected chi connectivity index (χ2v) is 26.9. The number of aldehydes is 1. The molecule has 0 saturated carbocycles. The zero-order valence-corrected chi connectivity index (χ0v) is 63.8. The number of carbonyl (C=O) groups is 1. The lowest BCUT2D eigenvalue weighted by Crippen LogP contribution is -2.14. The molecule has 3 unspecified atom stereocenters. The number of aliphatic hydroxyl groups is 1. The molecule has 0 amide bonds. The number of aromatic nitrogens is 5. The van der Waals surface area contributed by atoms with E-state index < -0.39 is 19.9 Å². The summed E-state index contributed by atoms with van der Waals surface area (Å²) in [4.78, 5) is 38.4. The number of rotatable bonds is 18. The van der Waals surface area contributed by atoms with Crippen LogP contribution in [0, 0.1) is 6.92 Å². The summed E-state index contributed by atoms with van der Waals surface area (Å²) in [6, 6.07) is 61.9. The van der Waals surface area contributed by atoms with Gasteiger partial charge in [-0.25, -0.2) is 4.57 Å². The van der Waals surface area contributed by atoms with E-state index in [2.05, 4.69) is 44.7 Å². The predicted molar refractivity (Wildman–Crippen MR) is 428 cm³/mol. The Labute approximate surface area is 657 Å². The molecule has 0 aliphatic carbocycles. The van der Waals surface area contributed by atoms with Crippen LogP contribution >= 0.6 is 124 Å². The minimum Gasteiger partial charge on any atom is -0.411 e. The zero-order valence-electron chi connectivity index (χ0n) is 55.4. The smallest absolute Gasteiger partial charge is 0.411 e. The fourth-order valence-electron chi connectivity index (χ4n) is 8.80. The number of para-hydroxylation sites is 2. The first-order valence-corrected chi connectivity index (χ1v) is 36.4. The van der Waals surface area contributed by atoms with Crippen LogP contribution in [0.5, 0.6) is 11.5 Å². The standard InChI is InChI=1S/C13H10Cl2N4.C13H12Cl2N2.C13H11Cl2NO.C13H9Cl2N.C12H10N3O3P.C7H4Cl2O.C6H7N/c14-11-3-1-2-10(13(11)15)12(18-19-16)8-9-4-6-17-7-5-9;14-11-3-1-2-10(13(11)15)12(16)8-9-4-6-17-7-5-9;14-11-3-1-2-10(13(11)15)12(17)8-9-4-6-16-7-5-9;14-12-3-1-2-11(13(12)15)5-4-10-6-8-16-9-7-10;13-14-15-19(16,17-11-7-3-1-4-8-11)18-12-9-5-2-6-10-12;8-6-3-1-2-5(4-10)7(6)9;1-6-2-4-7-5-3-6/h1-7,12H,8H2;1-7,12H,8,16H2;1-7,12,17H,8H2;1-9H;1-10H;1-4H;2-5H,1H3. The van der Waals surface area contributed by atoms with E-state index in [-0.39, 0.29) is 6.04 Å². The summed E-state index contributed by atoms with van der Waals surface area (Å²) < 4.78 is 22.6. The van der Waals surface area contributed by atoms with Crippen molar-refractivity contribution in [1.82, 2.24) is 24.9 Å². The molecule has 0 fully saturated rings. The fourth-order valence-corrected chi connectivity index (χ4v) is 11.8. The number of carbonyl (C=O) groups excluding carboxylic acids is 1. The zero-order chi connectivity index (χ0) is 75.8. The predicted octanol–water partition coefficient (Wildman–Crippen LogP) is 25.6. The lowest BCUT2D eigenvalue weighted by Gasteiger charge is -2.14. The highest BCUT2D eigenvalue weighted by Crippen LogP contribution is 2.50.